The summed E-state index contributed by atoms with van der Waals surface area (Å²) >= 11 is 0. The van der Waals surface area contributed by atoms with E-state index in [-0.39, 0.29) is 12.6 Å². The molecular formula is C25H33N5O5. The van der Waals surface area contributed by atoms with Crippen LogP contribution in [0.3, 0.4) is 0 Å². The molecule has 35 heavy (non-hydrogen) atoms. The third-order valence-electron chi connectivity index (χ3n) is 6.52. The van der Waals surface area contributed by atoms with Crippen LogP contribution in [0.25, 0.3) is 0 Å². The molecule has 1 aliphatic rings. The first-order chi connectivity index (χ1) is 17.0. The summed E-state index contributed by atoms with van der Waals surface area (Å²) in [6.45, 7) is 4.15. The number of H-pyrrole nitrogens is 1. The zero-order chi connectivity index (χ0) is 24.7. The Balaban J connectivity index is 1.38. The predicted molar refractivity (Wildman–Crippen MR) is 129 cm³/mol. The van der Waals surface area contributed by atoms with Crippen LogP contribution in [0.15, 0.2) is 52.3 Å². The second-order valence-electron chi connectivity index (χ2n) is 8.99. The molecule has 1 fully saturated rings. The van der Waals surface area contributed by atoms with Crippen LogP contribution in [0.2, 0.25) is 0 Å². The van der Waals surface area contributed by atoms with Gasteiger partial charge in [0.2, 0.25) is 0 Å². The van der Waals surface area contributed by atoms with Gasteiger partial charge in [0.15, 0.2) is 0 Å². The van der Waals surface area contributed by atoms with Crippen LogP contribution in [0.1, 0.15) is 50.3 Å². The molecule has 1 aromatic carbocycles. The molecule has 0 unspecified atom stereocenters. The van der Waals surface area contributed by atoms with Crippen molar-refractivity contribution in [2.75, 3.05) is 13.2 Å². The number of aliphatic hydroxyl groups is 1. The van der Waals surface area contributed by atoms with Crippen molar-refractivity contribution in [2.45, 2.75) is 70.2 Å². The summed E-state index contributed by atoms with van der Waals surface area (Å²) in [4.78, 5) is 25.3. The topological polar surface area (TPSA) is 124 Å². The number of benzene rings is 1. The maximum absolute atomic E-state index is 11.8. The van der Waals surface area contributed by atoms with Crippen LogP contribution in [0.4, 0.5) is 0 Å². The average molecular weight is 484 g/mol. The van der Waals surface area contributed by atoms with Gasteiger partial charge in [-0.25, -0.2) is 9.48 Å². The minimum atomic E-state index is -1.12. The Bertz CT molecular complexity index is 1210. The van der Waals surface area contributed by atoms with E-state index in [0.29, 0.717) is 32.6 Å². The number of aromatic nitrogens is 5. The molecule has 2 N–H and O–H groups in total. The van der Waals surface area contributed by atoms with Gasteiger partial charge in [-0.05, 0) is 43.4 Å². The van der Waals surface area contributed by atoms with E-state index in [2.05, 4.69) is 15.3 Å². The number of rotatable bonds is 11. The summed E-state index contributed by atoms with van der Waals surface area (Å²) in [7, 11) is 0. The minimum absolute atomic E-state index is 0.127. The van der Waals surface area contributed by atoms with E-state index in [1.54, 1.807) is 10.9 Å². The Morgan fingerprint density at radius 1 is 1.23 bits per heavy atom. The molecule has 0 saturated carbocycles. The van der Waals surface area contributed by atoms with E-state index < -0.39 is 16.9 Å². The zero-order valence-electron chi connectivity index (χ0n) is 20.1. The summed E-state index contributed by atoms with van der Waals surface area (Å²) < 4.78 is 14.8. The van der Waals surface area contributed by atoms with Crippen molar-refractivity contribution in [3.63, 3.8) is 0 Å². The highest BCUT2D eigenvalue weighted by Gasteiger charge is 2.30. The molecule has 0 radical (unpaired) electrons. The Kier molecular flexibility index (Phi) is 8.14. The third kappa shape index (κ3) is 6.46. The number of unbranched alkanes of at least 4 members (excludes halogenated alkanes) is 1. The lowest BCUT2D eigenvalue weighted by Crippen LogP contribution is -2.32. The van der Waals surface area contributed by atoms with Crippen molar-refractivity contribution in [3.8, 4) is 5.75 Å². The second kappa shape index (κ2) is 11.5. The SMILES string of the molecule is CC[C@@](O)(Cn1nncc1CCCCn1ccc(=O)[nH]c1=O)c1cccc(OC2CCOCC2)c1. The minimum Gasteiger partial charge on any atom is -0.490 e. The van der Waals surface area contributed by atoms with Gasteiger partial charge in [-0.2, -0.15) is 0 Å². The number of nitrogens with zero attached hydrogens (tertiary/aromatic N) is 4. The molecule has 188 valence electrons. The van der Waals surface area contributed by atoms with Crippen LogP contribution >= 0.6 is 0 Å². The highest BCUT2D eigenvalue weighted by Crippen LogP contribution is 2.31. The summed E-state index contributed by atoms with van der Waals surface area (Å²) in [5, 5.41) is 19.8. The first-order valence-corrected chi connectivity index (χ1v) is 12.2. The number of hydrogen-bond acceptors (Lipinski definition) is 7. The third-order valence-corrected chi connectivity index (χ3v) is 6.52. The Labute approximate surface area is 203 Å². The number of nitrogens with one attached hydrogen (secondary N) is 1. The number of hydrogen-bond donors (Lipinski definition) is 2. The Morgan fingerprint density at radius 2 is 2.06 bits per heavy atom. The Hall–Kier alpha value is -3.24. The molecule has 4 rings (SSSR count). The van der Waals surface area contributed by atoms with Gasteiger partial charge in [0, 0.05) is 31.6 Å². The first kappa shape index (κ1) is 24.9. The van der Waals surface area contributed by atoms with Gasteiger partial charge >= 0.3 is 5.69 Å². The summed E-state index contributed by atoms with van der Waals surface area (Å²) in [6, 6.07) is 9.00. The number of ether oxygens (including phenoxy) is 2. The van der Waals surface area contributed by atoms with Gasteiger partial charge in [-0.3, -0.25) is 9.78 Å². The van der Waals surface area contributed by atoms with Gasteiger partial charge in [0.05, 0.1) is 31.6 Å². The van der Waals surface area contributed by atoms with E-state index in [1.165, 1.54) is 16.8 Å². The van der Waals surface area contributed by atoms with E-state index in [0.717, 1.165) is 42.7 Å². The molecule has 0 spiro atoms. The van der Waals surface area contributed by atoms with Crippen LogP contribution < -0.4 is 16.0 Å². The van der Waals surface area contributed by atoms with Gasteiger partial charge in [0.1, 0.15) is 17.5 Å². The molecule has 1 aliphatic heterocycles. The molecular weight excluding hydrogens is 450 g/mol. The van der Waals surface area contributed by atoms with Crippen molar-refractivity contribution >= 4 is 0 Å². The van der Waals surface area contributed by atoms with Crippen molar-refractivity contribution in [3.05, 3.63) is 74.8 Å². The normalized spacial score (nSPS) is 16.2. The average Bonchev–Trinajstić information content (AvgIpc) is 3.30. The lowest BCUT2D eigenvalue weighted by atomic mass is 9.90. The quantitative estimate of drug-likeness (QED) is 0.400. The van der Waals surface area contributed by atoms with Crippen LogP contribution in [-0.4, -0.2) is 49.0 Å². The van der Waals surface area contributed by atoms with E-state index in [9.17, 15) is 14.7 Å². The molecule has 3 heterocycles. The largest absolute Gasteiger partial charge is 0.490 e. The maximum atomic E-state index is 11.8. The second-order valence-corrected chi connectivity index (χ2v) is 8.99. The van der Waals surface area contributed by atoms with Crippen molar-refractivity contribution in [2.24, 2.45) is 0 Å². The van der Waals surface area contributed by atoms with Crippen molar-refractivity contribution < 1.29 is 14.6 Å². The smallest absolute Gasteiger partial charge is 0.328 e. The fourth-order valence-corrected chi connectivity index (χ4v) is 4.31. The Morgan fingerprint density at radius 3 is 2.83 bits per heavy atom. The fraction of sp³-hybridized carbons (Fsp3) is 0.520. The molecule has 10 heteroatoms. The molecule has 3 aromatic rings. The highest BCUT2D eigenvalue weighted by molar-refractivity contribution is 5.32. The van der Waals surface area contributed by atoms with E-state index in [1.807, 2.05) is 31.2 Å². The lowest BCUT2D eigenvalue weighted by Gasteiger charge is -2.29. The highest BCUT2D eigenvalue weighted by atomic mass is 16.5. The van der Waals surface area contributed by atoms with E-state index >= 15 is 0 Å². The molecule has 0 aliphatic carbocycles. The summed E-state index contributed by atoms with van der Waals surface area (Å²) in [6.07, 6.45) is 7.84. The van der Waals surface area contributed by atoms with Crippen LogP contribution in [-0.2, 0) is 29.8 Å². The molecule has 10 nitrogen and oxygen atoms in total. The van der Waals surface area contributed by atoms with Gasteiger partial charge in [-0.1, -0.05) is 24.3 Å². The molecule has 2 aromatic heterocycles. The summed E-state index contributed by atoms with van der Waals surface area (Å²) in [5.74, 6) is 0.748. The molecule has 0 bridgehead atoms. The van der Waals surface area contributed by atoms with Gasteiger partial charge < -0.3 is 19.1 Å². The van der Waals surface area contributed by atoms with Crippen LogP contribution in [0, 0.1) is 0 Å². The lowest BCUT2D eigenvalue weighted by molar-refractivity contribution is 0.00832. The number of aromatic amines is 1. The maximum Gasteiger partial charge on any atom is 0.328 e. The molecule has 0 amide bonds. The monoisotopic (exact) mass is 483 g/mol. The molecule has 1 atom stereocenters. The zero-order valence-corrected chi connectivity index (χ0v) is 20.1. The standard InChI is InChI=1S/C25H33N5O5/c1-2-25(33,19-6-5-8-22(16-19)35-21-10-14-34-15-11-21)18-30-20(17-26-28-30)7-3-4-12-29-13-9-23(31)27-24(29)32/h5-6,8-9,13,16-17,21,33H,2-4,7,10-12,14-15,18H2,1H3,(H,27,31,32)/t25-/m1/s1. The number of aryl methyl sites for hydroxylation is 2. The van der Waals surface area contributed by atoms with E-state index in [4.69, 9.17) is 9.47 Å². The summed E-state index contributed by atoms with van der Waals surface area (Å²) in [5.41, 5.74) is -0.227. The predicted octanol–water partition coefficient (Wildman–Crippen LogP) is 2.01. The van der Waals surface area contributed by atoms with Crippen molar-refractivity contribution in [1.29, 1.82) is 0 Å². The fourth-order valence-electron chi connectivity index (χ4n) is 4.31. The first-order valence-electron chi connectivity index (χ1n) is 12.2. The van der Waals surface area contributed by atoms with Crippen molar-refractivity contribution in [1.82, 2.24) is 24.5 Å². The van der Waals surface area contributed by atoms with Gasteiger partial charge in [0.25, 0.3) is 5.56 Å². The van der Waals surface area contributed by atoms with Crippen LogP contribution in [0.5, 0.6) is 5.75 Å². The molecule has 1 saturated heterocycles. The van der Waals surface area contributed by atoms with Gasteiger partial charge in [-0.15, -0.1) is 5.10 Å².